The second-order valence-corrected chi connectivity index (χ2v) is 5.25. The molecule has 15 heavy (non-hydrogen) atoms. The molecule has 2 nitrogen and oxygen atoms in total. The van der Waals surface area contributed by atoms with Gasteiger partial charge in [0.1, 0.15) is 0 Å². The van der Waals surface area contributed by atoms with Crippen LogP contribution < -0.4 is 11.5 Å². The minimum atomic E-state index is 0.214. The molecule has 0 bridgehead atoms. The summed E-state index contributed by atoms with van der Waals surface area (Å²) >= 11 is 0. The number of hydrogen-bond donors (Lipinski definition) is 2. The van der Waals surface area contributed by atoms with E-state index >= 15 is 0 Å². The zero-order chi connectivity index (χ0) is 11.6. The highest BCUT2D eigenvalue weighted by Crippen LogP contribution is 2.49. The van der Waals surface area contributed by atoms with Crippen LogP contribution in [0.5, 0.6) is 0 Å². The first kappa shape index (κ1) is 12.7. The van der Waals surface area contributed by atoms with Gasteiger partial charge < -0.3 is 11.5 Å². The van der Waals surface area contributed by atoms with Gasteiger partial charge in [0.05, 0.1) is 0 Å². The fourth-order valence-corrected chi connectivity index (χ4v) is 2.46. The van der Waals surface area contributed by atoms with Crippen molar-refractivity contribution >= 4 is 0 Å². The smallest absolute Gasteiger partial charge is 0.00734 e. The summed E-state index contributed by atoms with van der Waals surface area (Å²) in [5, 5.41) is 0. The summed E-state index contributed by atoms with van der Waals surface area (Å²) in [5.41, 5.74) is 12.8. The third-order valence-corrected chi connectivity index (χ3v) is 4.12. The van der Waals surface area contributed by atoms with Crippen molar-refractivity contribution in [2.75, 3.05) is 6.54 Å². The van der Waals surface area contributed by atoms with Crippen molar-refractivity contribution in [3.63, 3.8) is 0 Å². The van der Waals surface area contributed by atoms with E-state index < -0.39 is 0 Å². The van der Waals surface area contributed by atoms with Crippen LogP contribution in [-0.4, -0.2) is 12.6 Å². The second-order valence-electron chi connectivity index (χ2n) is 5.25. The van der Waals surface area contributed by atoms with Gasteiger partial charge in [-0.3, -0.25) is 0 Å². The van der Waals surface area contributed by atoms with E-state index in [9.17, 15) is 0 Å². The minimum absolute atomic E-state index is 0.214. The van der Waals surface area contributed by atoms with Crippen molar-refractivity contribution in [1.82, 2.24) is 0 Å². The van der Waals surface area contributed by atoms with Crippen LogP contribution in [0.25, 0.3) is 0 Å². The van der Waals surface area contributed by atoms with Crippen LogP contribution in [0.1, 0.15) is 33.6 Å². The Morgan fingerprint density at radius 3 is 2.47 bits per heavy atom. The summed E-state index contributed by atoms with van der Waals surface area (Å²) in [4.78, 5) is 0. The standard InChI is InChI=1S/C13H26N2/c1-8(9(2)11(4)15)10(3)13-7-12(13)5-6-14/h9-13H,1,5-7,14-15H2,2-4H3. The Balaban J connectivity index is 2.41. The summed E-state index contributed by atoms with van der Waals surface area (Å²) in [5.74, 6) is 2.71. The van der Waals surface area contributed by atoms with Crippen molar-refractivity contribution in [2.24, 2.45) is 35.1 Å². The molecular weight excluding hydrogens is 184 g/mol. The number of rotatable bonds is 6. The highest BCUT2D eigenvalue weighted by atomic mass is 14.6. The van der Waals surface area contributed by atoms with E-state index in [4.69, 9.17) is 11.5 Å². The largest absolute Gasteiger partial charge is 0.330 e. The first-order valence-corrected chi connectivity index (χ1v) is 6.13. The lowest BCUT2D eigenvalue weighted by atomic mass is 9.84. The Bertz CT molecular complexity index is 223. The molecule has 0 heterocycles. The van der Waals surface area contributed by atoms with Crippen molar-refractivity contribution in [1.29, 1.82) is 0 Å². The lowest BCUT2D eigenvalue weighted by molar-refractivity contribution is 0.442. The Hall–Kier alpha value is -0.340. The molecule has 0 aliphatic heterocycles. The molecule has 88 valence electrons. The van der Waals surface area contributed by atoms with Gasteiger partial charge in [0, 0.05) is 6.04 Å². The lowest BCUT2D eigenvalue weighted by Gasteiger charge is -2.24. The summed E-state index contributed by atoms with van der Waals surface area (Å²) < 4.78 is 0. The lowest BCUT2D eigenvalue weighted by Crippen LogP contribution is -2.28. The predicted octanol–water partition coefficient (Wildman–Crippen LogP) is 2.15. The topological polar surface area (TPSA) is 52.0 Å². The van der Waals surface area contributed by atoms with Crippen LogP contribution in [0.15, 0.2) is 12.2 Å². The van der Waals surface area contributed by atoms with Gasteiger partial charge in [0.2, 0.25) is 0 Å². The first-order chi connectivity index (χ1) is 6.99. The van der Waals surface area contributed by atoms with Crippen LogP contribution in [0.3, 0.4) is 0 Å². The van der Waals surface area contributed by atoms with Gasteiger partial charge in [0.25, 0.3) is 0 Å². The molecule has 1 rings (SSSR count). The van der Waals surface area contributed by atoms with E-state index in [2.05, 4.69) is 27.4 Å². The van der Waals surface area contributed by atoms with Crippen LogP contribution in [0.4, 0.5) is 0 Å². The quantitative estimate of drug-likeness (QED) is 0.660. The van der Waals surface area contributed by atoms with E-state index in [-0.39, 0.29) is 6.04 Å². The van der Waals surface area contributed by atoms with Gasteiger partial charge in [-0.2, -0.15) is 0 Å². The van der Waals surface area contributed by atoms with Crippen molar-refractivity contribution < 1.29 is 0 Å². The second kappa shape index (κ2) is 5.13. The van der Waals surface area contributed by atoms with Gasteiger partial charge in [-0.15, -0.1) is 0 Å². The molecule has 1 aliphatic rings. The third kappa shape index (κ3) is 3.05. The van der Waals surface area contributed by atoms with Gasteiger partial charge in [0.15, 0.2) is 0 Å². The molecule has 0 amide bonds. The predicted molar refractivity (Wildman–Crippen MR) is 66.4 cm³/mol. The molecule has 0 spiro atoms. The number of nitrogens with two attached hydrogens (primary N) is 2. The van der Waals surface area contributed by atoms with Crippen LogP contribution in [-0.2, 0) is 0 Å². The number of hydrogen-bond acceptors (Lipinski definition) is 2. The summed E-state index contributed by atoms with van der Waals surface area (Å²) in [6.07, 6.45) is 2.51. The third-order valence-electron chi connectivity index (χ3n) is 4.12. The molecule has 0 aromatic rings. The highest BCUT2D eigenvalue weighted by Gasteiger charge is 2.41. The molecule has 2 heteroatoms. The Morgan fingerprint density at radius 1 is 1.40 bits per heavy atom. The Kier molecular flexibility index (Phi) is 4.35. The molecule has 0 saturated heterocycles. The maximum absolute atomic E-state index is 5.91. The molecule has 5 unspecified atom stereocenters. The Labute approximate surface area is 94.1 Å². The molecule has 1 fully saturated rings. The normalized spacial score (nSPS) is 30.7. The van der Waals surface area contributed by atoms with Crippen molar-refractivity contribution in [2.45, 2.75) is 39.7 Å². The van der Waals surface area contributed by atoms with E-state index in [0.29, 0.717) is 11.8 Å². The van der Waals surface area contributed by atoms with E-state index in [1.165, 1.54) is 18.4 Å². The molecule has 5 atom stereocenters. The van der Waals surface area contributed by atoms with Gasteiger partial charge in [-0.25, -0.2) is 0 Å². The molecule has 0 radical (unpaired) electrons. The molecular formula is C13H26N2. The molecule has 1 aliphatic carbocycles. The van der Waals surface area contributed by atoms with E-state index in [1.807, 2.05) is 0 Å². The van der Waals surface area contributed by atoms with Crippen LogP contribution in [0, 0.1) is 23.7 Å². The SMILES string of the molecule is C=C(C(C)C(C)N)C(C)C1CC1CCN. The average molecular weight is 210 g/mol. The Morgan fingerprint density at radius 2 is 2.00 bits per heavy atom. The van der Waals surface area contributed by atoms with Crippen LogP contribution >= 0.6 is 0 Å². The zero-order valence-electron chi connectivity index (χ0n) is 10.4. The molecule has 1 saturated carbocycles. The fraction of sp³-hybridized carbons (Fsp3) is 0.846. The van der Waals surface area contributed by atoms with E-state index in [0.717, 1.165) is 18.4 Å². The zero-order valence-corrected chi connectivity index (χ0v) is 10.4. The fourth-order valence-electron chi connectivity index (χ4n) is 2.46. The molecule has 0 aromatic heterocycles. The van der Waals surface area contributed by atoms with Gasteiger partial charge in [-0.05, 0) is 50.0 Å². The van der Waals surface area contributed by atoms with Crippen LogP contribution in [0.2, 0.25) is 0 Å². The van der Waals surface area contributed by atoms with Crippen molar-refractivity contribution in [3.8, 4) is 0 Å². The highest BCUT2D eigenvalue weighted by molar-refractivity contribution is 5.11. The van der Waals surface area contributed by atoms with E-state index in [1.54, 1.807) is 0 Å². The van der Waals surface area contributed by atoms with Crippen molar-refractivity contribution in [3.05, 3.63) is 12.2 Å². The van der Waals surface area contributed by atoms with Gasteiger partial charge >= 0.3 is 0 Å². The maximum atomic E-state index is 5.91. The summed E-state index contributed by atoms with van der Waals surface area (Å²) in [6, 6.07) is 0.214. The summed E-state index contributed by atoms with van der Waals surface area (Å²) in [6.45, 7) is 11.6. The minimum Gasteiger partial charge on any atom is -0.330 e. The average Bonchev–Trinajstić information content (AvgIpc) is 2.94. The maximum Gasteiger partial charge on any atom is 0.00734 e. The van der Waals surface area contributed by atoms with Gasteiger partial charge in [-0.1, -0.05) is 26.0 Å². The monoisotopic (exact) mass is 210 g/mol. The first-order valence-electron chi connectivity index (χ1n) is 6.13. The summed E-state index contributed by atoms with van der Waals surface area (Å²) in [7, 11) is 0. The molecule has 4 N–H and O–H groups in total. The molecule has 0 aromatic carbocycles.